The van der Waals surface area contributed by atoms with E-state index in [-0.39, 0.29) is 27.7 Å². The van der Waals surface area contributed by atoms with Gasteiger partial charge in [0, 0.05) is 11.0 Å². The molecule has 0 radical (unpaired) electrons. The Morgan fingerprint density at radius 1 is 0.800 bits per heavy atom. The summed E-state index contributed by atoms with van der Waals surface area (Å²) in [5, 5.41) is 14.3. The fraction of sp³-hybridized carbons (Fsp3) is 0.741. The molecular formula is C27H47NO2. The minimum absolute atomic E-state index is 0.0689. The van der Waals surface area contributed by atoms with E-state index in [4.69, 9.17) is 0 Å². The lowest BCUT2D eigenvalue weighted by Crippen LogP contribution is -2.51. The van der Waals surface area contributed by atoms with E-state index in [9.17, 15) is 9.90 Å². The summed E-state index contributed by atoms with van der Waals surface area (Å²) < 4.78 is 0. The predicted octanol–water partition coefficient (Wildman–Crippen LogP) is 6.89. The summed E-state index contributed by atoms with van der Waals surface area (Å²) in [6.07, 6.45) is 1.53. The van der Waals surface area contributed by atoms with Crippen molar-refractivity contribution in [2.75, 3.05) is 0 Å². The summed E-state index contributed by atoms with van der Waals surface area (Å²) >= 11 is 0. The van der Waals surface area contributed by atoms with Crippen LogP contribution in [0.3, 0.4) is 0 Å². The van der Waals surface area contributed by atoms with Crippen molar-refractivity contribution in [1.29, 1.82) is 0 Å². The third-order valence-electron chi connectivity index (χ3n) is 5.47. The van der Waals surface area contributed by atoms with Gasteiger partial charge in [-0.25, -0.2) is 0 Å². The molecule has 1 rings (SSSR count). The second kappa shape index (κ2) is 8.20. The number of nitrogens with one attached hydrogen (secondary N) is 1. The van der Waals surface area contributed by atoms with E-state index in [0.29, 0.717) is 12.2 Å². The van der Waals surface area contributed by atoms with Crippen molar-refractivity contribution < 1.29 is 9.90 Å². The first-order valence-electron chi connectivity index (χ1n) is 11.2. The van der Waals surface area contributed by atoms with Gasteiger partial charge in [0.15, 0.2) is 0 Å². The van der Waals surface area contributed by atoms with Gasteiger partial charge in [0.2, 0.25) is 5.91 Å². The Kier molecular flexibility index (Phi) is 7.25. The van der Waals surface area contributed by atoms with Gasteiger partial charge in [0.25, 0.3) is 0 Å². The highest BCUT2D eigenvalue weighted by Gasteiger charge is 2.35. The van der Waals surface area contributed by atoms with Crippen LogP contribution in [-0.2, 0) is 22.0 Å². The predicted molar refractivity (Wildman–Crippen MR) is 129 cm³/mol. The molecule has 3 nitrogen and oxygen atoms in total. The maximum atomic E-state index is 13.2. The first-order chi connectivity index (χ1) is 13.1. The van der Waals surface area contributed by atoms with Crippen molar-refractivity contribution in [3.05, 3.63) is 28.8 Å². The number of aromatic hydroxyl groups is 1. The van der Waals surface area contributed by atoms with Crippen molar-refractivity contribution >= 4 is 5.91 Å². The molecule has 0 spiro atoms. The van der Waals surface area contributed by atoms with Crippen LogP contribution in [0.25, 0.3) is 0 Å². The molecule has 0 aliphatic rings. The van der Waals surface area contributed by atoms with Crippen molar-refractivity contribution in [2.24, 2.45) is 10.8 Å². The van der Waals surface area contributed by atoms with Gasteiger partial charge in [-0.3, -0.25) is 4.79 Å². The second-order valence-corrected chi connectivity index (χ2v) is 13.7. The molecule has 1 amide bonds. The molecule has 2 N–H and O–H groups in total. The van der Waals surface area contributed by atoms with E-state index in [1.165, 1.54) is 0 Å². The molecule has 0 bridgehead atoms. The van der Waals surface area contributed by atoms with Crippen LogP contribution < -0.4 is 5.32 Å². The number of hydrogen-bond donors (Lipinski definition) is 2. The molecule has 0 atom stereocenters. The van der Waals surface area contributed by atoms with E-state index in [2.05, 4.69) is 93.6 Å². The van der Waals surface area contributed by atoms with E-state index in [1.54, 1.807) is 0 Å². The maximum absolute atomic E-state index is 13.2. The zero-order chi connectivity index (χ0) is 23.9. The largest absolute Gasteiger partial charge is 0.507 e. The Hall–Kier alpha value is -1.51. The lowest BCUT2D eigenvalue weighted by molar-refractivity contribution is -0.131. The summed E-state index contributed by atoms with van der Waals surface area (Å²) in [5.74, 6) is 0.451. The SMILES string of the molecule is CC(C)(C)CC(C)(C)NC(=O)C(C)(C)Cc1cc(C(C)(C)C)c(O)c(C(C)(C)C)c1. The van der Waals surface area contributed by atoms with Crippen molar-refractivity contribution in [2.45, 2.75) is 119 Å². The summed E-state index contributed by atoms with van der Waals surface area (Å²) in [7, 11) is 0. The van der Waals surface area contributed by atoms with E-state index < -0.39 is 5.41 Å². The number of phenols is 1. The summed E-state index contributed by atoms with van der Waals surface area (Å²) in [6.45, 7) is 27.5. The molecule has 1 aromatic rings. The molecule has 30 heavy (non-hydrogen) atoms. The van der Waals surface area contributed by atoms with Gasteiger partial charge < -0.3 is 10.4 Å². The third kappa shape index (κ3) is 7.32. The van der Waals surface area contributed by atoms with Crippen LogP contribution in [0.15, 0.2) is 12.1 Å². The van der Waals surface area contributed by atoms with Crippen LogP contribution in [0.2, 0.25) is 0 Å². The van der Waals surface area contributed by atoms with E-state index in [0.717, 1.165) is 23.1 Å². The first kappa shape index (κ1) is 26.5. The number of hydrogen-bond acceptors (Lipinski definition) is 2. The highest BCUT2D eigenvalue weighted by molar-refractivity contribution is 5.82. The molecule has 3 heteroatoms. The van der Waals surface area contributed by atoms with Crippen LogP contribution in [0.4, 0.5) is 0 Å². The van der Waals surface area contributed by atoms with E-state index in [1.807, 2.05) is 13.8 Å². The topological polar surface area (TPSA) is 49.3 Å². The van der Waals surface area contributed by atoms with Gasteiger partial charge >= 0.3 is 0 Å². The van der Waals surface area contributed by atoms with Crippen molar-refractivity contribution in [3.63, 3.8) is 0 Å². The average molecular weight is 418 g/mol. The van der Waals surface area contributed by atoms with E-state index >= 15 is 0 Å². The normalized spacial score (nSPS) is 14.0. The fourth-order valence-corrected chi connectivity index (χ4v) is 4.38. The molecule has 0 saturated heterocycles. The highest BCUT2D eigenvalue weighted by Crippen LogP contribution is 2.41. The van der Waals surface area contributed by atoms with Crippen LogP contribution in [-0.4, -0.2) is 16.6 Å². The first-order valence-corrected chi connectivity index (χ1v) is 11.2. The lowest BCUT2D eigenvalue weighted by atomic mass is 9.75. The number of amides is 1. The van der Waals surface area contributed by atoms with Gasteiger partial charge in [-0.05, 0) is 59.6 Å². The zero-order valence-corrected chi connectivity index (χ0v) is 21.9. The minimum Gasteiger partial charge on any atom is -0.507 e. The molecule has 1 aromatic carbocycles. The number of benzene rings is 1. The molecule has 0 unspecified atom stereocenters. The minimum atomic E-state index is -0.559. The van der Waals surface area contributed by atoms with Gasteiger partial charge in [0.05, 0.1) is 0 Å². The molecule has 172 valence electrons. The molecule has 0 aliphatic heterocycles. The van der Waals surface area contributed by atoms with Crippen LogP contribution in [0.5, 0.6) is 5.75 Å². The standard InChI is InChI=1S/C27H47NO2/c1-23(2,3)17-27(12,13)28-22(30)26(10,11)16-18-14-19(24(4,5)6)21(29)20(15-18)25(7,8)9/h14-15,29H,16-17H2,1-13H3,(H,28,30). The smallest absolute Gasteiger partial charge is 0.226 e. The van der Waals surface area contributed by atoms with Crippen LogP contribution >= 0.6 is 0 Å². The summed E-state index contributed by atoms with van der Waals surface area (Å²) in [5.41, 5.74) is 1.93. The number of phenolic OH excluding ortho intramolecular Hbond substituents is 1. The van der Waals surface area contributed by atoms with Gasteiger partial charge in [-0.2, -0.15) is 0 Å². The molecule has 0 aromatic heterocycles. The molecule has 0 aliphatic carbocycles. The van der Waals surface area contributed by atoms with Gasteiger partial charge in [0.1, 0.15) is 5.75 Å². The summed E-state index contributed by atoms with van der Waals surface area (Å²) in [6, 6.07) is 4.17. The lowest BCUT2D eigenvalue weighted by Gasteiger charge is -2.36. The fourth-order valence-electron chi connectivity index (χ4n) is 4.38. The van der Waals surface area contributed by atoms with Crippen molar-refractivity contribution in [1.82, 2.24) is 5.32 Å². The molecule has 0 heterocycles. The van der Waals surface area contributed by atoms with Gasteiger partial charge in [-0.1, -0.05) is 88.3 Å². The third-order valence-corrected chi connectivity index (χ3v) is 5.47. The maximum Gasteiger partial charge on any atom is 0.226 e. The Labute approximate surface area is 186 Å². The summed E-state index contributed by atoms with van der Waals surface area (Å²) in [4.78, 5) is 13.2. The zero-order valence-electron chi connectivity index (χ0n) is 21.9. The van der Waals surface area contributed by atoms with Crippen LogP contribution in [0, 0.1) is 10.8 Å². The molecule has 0 fully saturated rings. The Bertz CT molecular complexity index is 731. The number of rotatable bonds is 5. The highest BCUT2D eigenvalue weighted by atomic mass is 16.3. The average Bonchev–Trinajstić information content (AvgIpc) is 2.42. The monoisotopic (exact) mass is 417 g/mol. The second-order valence-electron chi connectivity index (χ2n) is 13.7. The van der Waals surface area contributed by atoms with Crippen molar-refractivity contribution in [3.8, 4) is 5.75 Å². The van der Waals surface area contributed by atoms with Gasteiger partial charge in [-0.15, -0.1) is 0 Å². The van der Waals surface area contributed by atoms with Crippen LogP contribution in [0.1, 0.15) is 113 Å². The quantitative estimate of drug-likeness (QED) is 0.548. The Morgan fingerprint density at radius 2 is 1.20 bits per heavy atom. The number of carbonyl (C=O) groups is 1. The Balaban J connectivity index is 3.28. The molecular weight excluding hydrogens is 370 g/mol. The Morgan fingerprint density at radius 3 is 1.53 bits per heavy atom. The molecule has 0 saturated carbocycles. The number of carbonyl (C=O) groups excluding carboxylic acids is 1.